The third-order valence-electron chi connectivity index (χ3n) is 4.75. The van der Waals surface area contributed by atoms with Crippen LogP contribution in [-0.2, 0) is 6.54 Å². The molecule has 0 aliphatic rings. The topological polar surface area (TPSA) is 48.0 Å². The summed E-state index contributed by atoms with van der Waals surface area (Å²) in [6.07, 6.45) is 0. The molecule has 1 amide bonds. The van der Waals surface area contributed by atoms with Crippen molar-refractivity contribution in [1.29, 1.82) is 0 Å². The number of nitrogens with zero attached hydrogens (tertiary/aromatic N) is 1. The SMILES string of the molecule is Cc1c(Sc2cccc(C(N)=O)c2)c2ccc(Br)cc2n1Cc1ccccc1. The van der Waals surface area contributed by atoms with Crippen LogP contribution in [0.2, 0.25) is 0 Å². The molecule has 3 nitrogen and oxygen atoms in total. The molecule has 0 unspecified atom stereocenters. The zero-order chi connectivity index (χ0) is 19.7. The van der Waals surface area contributed by atoms with E-state index >= 15 is 0 Å². The summed E-state index contributed by atoms with van der Waals surface area (Å²) < 4.78 is 3.40. The lowest BCUT2D eigenvalue weighted by Gasteiger charge is -2.09. The molecule has 3 aromatic carbocycles. The first-order chi connectivity index (χ1) is 13.5. The van der Waals surface area contributed by atoms with Gasteiger partial charge in [0.1, 0.15) is 0 Å². The number of fused-ring (bicyclic) bond motifs is 1. The molecule has 0 radical (unpaired) electrons. The van der Waals surface area contributed by atoms with E-state index in [1.54, 1.807) is 17.8 Å². The molecule has 0 saturated carbocycles. The summed E-state index contributed by atoms with van der Waals surface area (Å²) in [5.74, 6) is -0.408. The first kappa shape index (κ1) is 18.8. The molecule has 1 heterocycles. The zero-order valence-electron chi connectivity index (χ0n) is 15.4. The van der Waals surface area contributed by atoms with E-state index in [2.05, 4.69) is 69.9 Å². The second-order valence-electron chi connectivity index (χ2n) is 6.64. The Morgan fingerprint density at radius 1 is 1.04 bits per heavy atom. The summed E-state index contributed by atoms with van der Waals surface area (Å²) in [4.78, 5) is 13.7. The lowest BCUT2D eigenvalue weighted by atomic mass is 10.2. The Morgan fingerprint density at radius 3 is 2.57 bits per heavy atom. The lowest BCUT2D eigenvalue weighted by molar-refractivity contribution is 0.1000. The molecule has 5 heteroatoms. The quantitative estimate of drug-likeness (QED) is 0.404. The zero-order valence-corrected chi connectivity index (χ0v) is 17.8. The molecule has 0 saturated heterocycles. The highest BCUT2D eigenvalue weighted by molar-refractivity contribution is 9.10. The van der Waals surface area contributed by atoms with Gasteiger partial charge in [-0.25, -0.2) is 0 Å². The van der Waals surface area contributed by atoms with Crippen molar-refractivity contribution in [3.63, 3.8) is 0 Å². The summed E-state index contributed by atoms with van der Waals surface area (Å²) >= 11 is 5.28. The van der Waals surface area contributed by atoms with Crippen LogP contribution in [-0.4, -0.2) is 10.5 Å². The Bertz CT molecular complexity index is 1170. The monoisotopic (exact) mass is 450 g/mol. The van der Waals surface area contributed by atoms with E-state index in [9.17, 15) is 4.79 Å². The van der Waals surface area contributed by atoms with Gasteiger partial charge in [-0.1, -0.05) is 70.2 Å². The molecule has 0 aliphatic heterocycles. The second kappa shape index (κ2) is 7.86. The van der Waals surface area contributed by atoms with Crippen LogP contribution in [0, 0.1) is 6.92 Å². The fourth-order valence-electron chi connectivity index (χ4n) is 3.35. The number of nitrogens with two attached hydrogens (primary N) is 1. The van der Waals surface area contributed by atoms with Crippen molar-refractivity contribution >= 4 is 44.5 Å². The molecule has 140 valence electrons. The second-order valence-corrected chi connectivity index (χ2v) is 8.64. The number of rotatable bonds is 5. The summed E-state index contributed by atoms with van der Waals surface area (Å²) in [6, 6.07) is 24.3. The summed E-state index contributed by atoms with van der Waals surface area (Å²) in [5, 5.41) is 1.20. The van der Waals surface area contributed by atoms with Crippen LogP contribution >= 0.6 is 27.7 Å². The number of benzene rings is 3. The van der Waals surface area contributed by atoms with Crippen molar-refractivity contribution < 1.29 is 4.79 Å². The Labute approximate surface area is 176 Å². The van der Waals surface area contributed by atoms with Crippen LogP contribution in [0.4, 0.5) is 0 Å². The van der Waals surface area contributed by atoms with Crippen molar-refractivity contribution in [2.24, 2.45) is 5.73 Å². The van der Waals surface area contributed by atoms with Gasteiger partial charge in [-0.2, -0.15) is 0 Å². The number of halogens is 1. The van der Waals surface area contributed by atoms with E-state index in [1.165, 1.54) is 27.1 Å². The van der Waals surface area contributed by atoms with E-state index in [0.29, 0.717) is 5.56 Å². The number of carbonyl (C=O) groups excluding carboxylic acids is 1. The van der Waals surface area contributed by atoms with Crippen LogP contribution in [0.25, 0.3) is 10.9 Å². The van der Waals surface area contributed by atoms with E-state index in [4.69, 9.17) is 5.73 Å². The minimum absolute atomic E-state index is 0.408. The van der Waals surface area contributed by atoms with Gasteiger partial charge in [0.25, 0.3) is 0 Å². The molecule has 4 aromatic rings. The Kier molecular flexibility index (Phi) is 5.29. The number of carbonyl (C=O) groups is 1. The highest BCUT2D eigenvalue weighted by atomic mass is 79.9. The van der Waals surface area contributed by atoms with Crippen LogP contribution in [0.3, 0.4) is 0 Å². The van der Waals surface area contributed by atoms with Crippen molar-refractivity contribution in [2.75, 3.05) is 0 Å². The van der Waals surface area contributed by atoms with Crippen molar-refractivity contribution in [3.05, 3.63) is 94.1 Å². The minimum Gasteiger partial charge on any atom is -0.366 e. The van der Waals surface area contributed by atoms with Gasteiger partial charge in [0.2, 0.25) is 5.91 Å². The number of amides is 1. The maximum atomic E-state index is 11.5. The Balaban J connectivity index is 1.81. The average Bonchev–Trinajstić information content (AvgIpc) is 2.94. The third-order valence-corrected chi connectivity index (χ3v) is 6.45. The van der Waals surface area contributed by atoms with E-state index in [0.717, 1.165) is 15.9 Å². The highest BCUT2D eigenvalue weighted by Crippen LogP contribution is 2.39. The Morgan fingerprint density at radius 2 is 1.82 bits per heavy atom. The van der Waals surface area contributed by atoms with Crippen molar-refractivity contribution in [3.8, 4) is 0 Å². The smallest absolute Gasteiger partial charge is 0.248 e. The van der Waals surface area contributed by atoms with Crippen LogP contribution in [0.1, 0.15) is 21.6 Å². The summed E-state index contributed by atoms with van der Waals surface area (Å²) in [6.45, 7) is 2.96. The van der Waals surface area contributed by atoms with E-state index in [-0.39, 0.29) is 0 Å². The summed E-state index contributed by atoms with van der Waals surface area (Å²) in [7, 11) is 0. The van der Waals surface area contributed by atoms with Crippen molar-refractivity contribution in [2.45, 2.75) is 23.3 Å². The number of aromatic nitrogens is 1. The molecule has 0 fully saturated rings. The van der Waals surface area contributed by atoms with Gasteiger partial charge in [-0.05, 0) is 42.8 Å². The first-order valence-electron chi connectivity index (χ1n) is 8.93. The molecule has 1 aromatic heterocycles. The lowest BCUT2D eigenvalue weighted by Crippen LogP contribution is -2.10. The van der Waals surface area contributed by atoms with Gasteiger partial charge in [0.15, 0.2) is 0 Å². The standard InChI is InChI=1S/C23H19BrN2OS/c1-15-22(28-19-9-5-8-17(12-19)23(25)27)20-11-10-18(24)13-21(20)26(15)14-16-6-3-2-4-7-16/h2-13H,14H2,1H3,(H2,25,27). The van der Waals surface area contributed by atoms with Gasteiger partial charge >= 0.3 is 0 Å². The number of hydrogen-bond acceptors (Lipinski definition) is 2. The fourth-order valence-corrected chi connectivity index (χ4v) is 4.81. The molecule has 0 atom stereocenters. The molecular weight excluding hydrogens is 432 g/mol. The maximum Gasteiger partial charge on any atom is 0.248 e. The molecule has 0 bridgehead atoms. The van der Waals surface area contributed by atoms with Crippen LogP contribution in [0.15, 0.2) is 87.1 Å². The molecule has 2 N–H and O–H groups in total. The number of primary amides is 1. The molecule has 0 aliphatic carbocycles. The van der Waals surface area contributed by atoms with Crippen LogP contribution in [0.5, 0.6) is 0 Å². The van der Waals surface area contributed by atoms with Gasteiger partial charge in [-0.15, -0.1) is 0 Å². The predicted molar refractivity (Wildman–Crippen MR) is 119 cm³/mol. The predicted octanol–water partition coefficient (Wildman–Crippen LogP) is 6.01. The summed E-state index contributed by atoms with van der Waals surface area (Å²) in [5.41, 5.74) is 9.62. The van der Waals surface area contributed by atoms with Gasteiger partial charge < -0.3 is 10.3 Å². The highest BCUT2D eigenvalue weighted by Gasteiger charge is 2.16. The van der Waals surface area contributed by atoms with Gasteiger partial charge in [0, 0.05) is 37.5 Å². The molecule has 28 heavy (non-hydrogen) atoms. The average molecular weight is 451 g/mol. The van der Waals surface area contributed by atoms with Crippen LogP contribution < -0.4 is 5.73 Å². The van der Waals surface area contributed by atoms with Crippen molar-refractivity contribution in [1.82, 2.24) is 4.57 Å². The third kappa shape index (κ3) is 3.73. The fraction of sp³-hybridized carbons (Fsp3) is 0.0870. The molecule has 0 spiro atoms. The normalized spacial score (nSPS) is 11.1. The van der Waals surface area contributed by atoms with Gasteiger partial charge in [-0.3, -0.25) is 4.79 Å². The van der Waals surface area contributed by atoms with E-state index in [1.807, 2.05) is 24.3 Å². The van der Waals surface area contributed by atoms with Gasteiger partial charge in [0.05, 0.1) is 5.52 Å². The number of hydrogen-bond donors (Lipinski definition) is 1. The minimum atomic E-state index is -0.408. The molecule has 4 rings (SSSR count). The van der Waals surface area contributed by atoms with E-state index < -0.39 is 5.91 Å². The molecular formula is C23H19BrN2OS. The largest absolute Gasteiger partial charge is 0.366 e. The Hall–Kier alpha value is -2.50. The first-order valence-corrected chi connectivity index (χ1v) is 10.5. The maximum absolute atomic E-state index is 11.5.